The lowest BCUT2D eigenvalue weighted by atomic mass is 9.96. The quantitative estimate of drug-likeness (QED) is 0.592. The average Bonchev–Trinajstić information content (AvgIpc) is 2.40. The fourth-order valence-corrected chi connectivity index (χ4v) is 1.93. The van der Waals surface area contributed by atoms with Gasteiger partial charge in [0.2, 0.25) is 5.91 Å². The van der Waals surface area contributed by atoms with Gasteiger partial charge in [0.15, 0.2) is 0 Å². The number of hydrogen-bond acceptors (Lipinski definition) is 4. The van der Waals surface area contributed by atoms with Crippen molar-refractivity contribution < 1.29 is 19.8 Å². The van der Waals surface area contributed by atoms with Gasteiger partial charge in [-0.05, 0) is 30.0 Å². The van der Waals surface area contributed by atoms with Crippen LogP contribution in [0.1, 0.15) is 19.4 Å². The number of hydrogen-bond donors (Lipinski definition) is 4. The fourth-order valence-electron chi connectivity index (χ4n) is 1.93. The molecule has 6 nitrogen and oxygen atoms in total. The topological polar surface area (TPSA) is 113 Å². The SMILES string of the molecule is CC(C)C(CNC(=O)[C@@H](N)Cc1ccc(O)cc1)C(=O)O. The molecule has 0 spiro atoms. The van der Waals surface area contributed by atoms with Gasteiger partial charge in [0.1, 0.15) is 5.75 Å². The Morgan fingerprint density at radius 2 is 1.81 bits per heavy atom. The monoisotopic (exact) mass is 294 g/mol. The summed E-state index contributed by atoms with van der Waals surface area (Å²) in [7, 11) is 0. The molecule has 0 radical (unpaired) electrons. The van der Waals surface area contributed by atoms with Crippen molar-refractivity contribution in [3.8, 4) is 5.75 Å². The summed E-state index contributed by atoms with van der Waals surface area (Å²) in [4.78, 5) is 22.9. The molecule has 0 aliphatic heterocycles. The van der Waals surface area contributed by atoms with Crippen LogP contribution in [-0.2, 0) is 16.0 Å². The van der Waals surface area contributed by atoms with E-state index in [1.54, 1.807) is 26.0 Å². The third-order valence-electron chi connectivity index (χ3n) is 3.35. The van der Waals surface area contributed by atoms with E-state index in [0.717, 1.165) is 5.56 Å². The summed E-state index contributed by atoms with van der Waals surface area (Å²) in [6, 6.07) is 5.68. The predicted molar refractivity (Wildman–Crippen MR) is 78.8 cm³/mol. The molecule has 0 aliphatic rings. The van der Waals surface area contributed by atoms with Crippen molar-refractivity contribution >= 4 is 11.9 Å². The van der Waals surface area contributed by atoms with Gasteiger partial charge in [-0.2, -0.15) is 0 Å². The maximum Gasteiger partial charge on any atom is 0.308 e. The van der Waals surface area contributed by atoms with Crippen molar-refractivity contribution in [3.05, 3.63) is 29.8 Å². The Morgan fingerprint density at radius 1 is 1.24 bits per heavy atom. The summed E-state index contributed by atoms with van der Waals surface area (Å²) in [5, 5.41) is 20.8. The molecule has 0 heterocycles. The first-order chi connectivity index (χ1) is 9.81. The standard InChI is InChI=1S/C15H22N2O4/c1-9(2)12(15(20)21)8-17-14(19)13(16)7-10-3-5-11(18)6-4-10/h3-6,9,12-13,18H,7-8,16H2,1-2H3,(H,17,19)(H,20,21)/t12?,13-/m0/s1. The Balaban J connectivity index is 2.51. The summed E-state index contributed by atoms with van der Waals surface area (Å²) in [6.07, 6.45) is 0.325. The van der Waals surface area contributed by atoms with Crippen molar-refractivity contribution in [2.24, 2.45) is 17.6 Å². The molecule has 0 saturated carbocycles. The third kappa shape index (κ3) is 5.43. The number of rotatable bonds is 7. The second-order valence-electron chi connectivity index (χ2n) is 5.41. The molecule has 0 aliphatic carbocycles. The van der Waals surface area contributed by atoms with Crippen LogP contribution in [0.4, 0.5) is 0 Å². The second-order valence-corrected chi connectivity index (χ2v) is 5.41. The maximum absolute atomic E-state index is 11.9. The van der Waals surface area contributed by atoms with Gasteiger partial charge in [-0.15, -0.1) is 0 Å². The van der Waals surface area contributed by atoms with Crippen LogP contribution < -0.4 is 11.1 Å². The highest BCUT2D eigenvalue weighted by molar-refractivity contribution is 5.82. The van der Waals surface area contributed by atoms with E-state index in [-0.39, 0.29) is 24.1 Å². The summed E-state index contributed by atoms with van der Waals surface area (Å²) in [6.45, 7) is 3.65. The number of aliphatic carboxylic acids is 1. The first-order valence-electron chi connectivity index (χ1n) is 6.85. The molecule has 0 aromatic heterocycles. The molecule has 5 N–H and O–H groups in total. The van der Waals surface area contributed by atoms with Gasteiger partial charge in [0.25, 0.3) is 0 Å². The van der Waals surface area contributed by atoms with Crippen LogP contribution in [0.2, 0.25) is 0 Å². The Morgan fingerprint density at radius 3 is 2.29 bits per heavy atom. The highest BCUT2D eigenvalue weighted by Gasteiger charge is 2.23. The Hall–Kier alpha value is -2.08. The van der Waals surface area contributed by atoms with Crippen molar-refractivity contribution in [2.75, 3.05) is 6.54 Å². The Bertz CT molecular complexity index is 485. The molecule has 116 valence electrons. The minimum absolute atomic E-state index is 0.0646. The van der Waals surface area contributed by atoms with E-state index in [1.807, 2.05) is 0 Å². The minimum atomic E-state index is -0.933. The molecule has 6 heteroatoms. The summed E-state index contributed by atoms with van der Waals surface area (Å²) in [5.74, 6) is -1.86. The average molecular weight is 294 g/mol. The lowest BCUT2D eigenvalue weighted by Gasteiger charge is -2.18. The van der Waals surface area contributed by atoms with Crippen LogP contribution >= 0.6 is 0 Å². The minimum Gasteiger partial charge on any atom is -0.508 e. The highest BCUT2D eigenvalue weighted by Crippen LogP contribution is 2.12. The second kappa shape index (κ2) is 7.64. The van der Waals surface area contributed by atoms with E-state index in [2.05, 4.69) is 5.32 Å². The number of amides is 1. The first-order valence-corrected chi connectivity index (χ1v) is 6.85. The molecule has 21 heavy (non-hydrogen) atoms. The molecule has 0 bridgehead atoms. The zero-order valence-corrected chi connectivity index (χ0v) is 12.2. The van der Waals surface area contributed by atoms with E-state index in [4.69, 9.17) is 10.8 Å². The van der Waals surface area contributed by atoms with Crippen LogP contribution in [0.25, 0.3) is 0 Å². The van der Waals surface area contributed by atoms with Gasteiger partial charge in [-0.25, -0.2) is 0 Å². The van der Waals surface area contributed by atoms with E-state index in [9.17, 15) is 14.7 Å². The molecule has 2 atom stereocenters. The molecule has 1 amide bonds. The van der Waals surface area contributed by atoms with Crippen LogP contribution in [0.15, 0.2) is 24.3 Å². The molecule has 1 aromatic rings. The highest BCUT2D eigenvalue weighted by atomic mass is 16.4. The number of carbonyl (C=O) groups is 2. The summed E-state index contributed by atoms with van der Waals surface area (Å²) in [5.41, 5.74) is 6.63. The molecule has 1 aromatic carbocycles. The maximum atomic E-state index is 11.9. The number of carbonyl (C=O) groups excluding carboxylic acids is 1. The zero-order chi connectivity index (χ0) is 16.0. The molecule has 0 fully saturated rings. The summed E-state index contributed by atoms with van der Waals surface area (Å²) >= 11 is 0. The third-order valence-corrected chi connectivity index (χ3v) is 3.35. The number of phenolic OH excluding ortho intramolecular Hbond substituents is 1. The van der Waals surface area contributed by atoms with Gasteiger partial charge < -0.3 is 21.3 Å². The van der Waals surface area contributed by atoms with Crippen LogP contribution in [0.3, 0.4) is 0 Å². The van der Waals surface area contributed by atoms with Crippen LogP contribution in [0, 0.1) is 11.8 Å². The smallest absolute Gasteiger partial charge is 0.308 e. The fraction of sp³-hybridized carbons (Fsp3) is 0.467. The molecule has 1 unspecified atom stereocenters. The van der Waals surface area contributed by atoms with E-state index >= 15 is 0 Å². The number of carboxylic acids is 1. The molecule has 0 saturated heterocycles. The van der Waals surface area contributed by atoms with Gasteiger partial charge in [0, 0.05) is 6.54 Å². The normalized spacial score (nSPS) is 13.7. The number of carboxylic acid groups (broad SMARTS) is 1. The number of phenols is 1. The lowest BCUT2D eigenvalue weighted by Crippen LogP contribution is -2.45. The van der Waals surface area contributed by atoms with Crippen molar-refractivity contribution in [3.63, 3.8) is 0 Å². The number of aromatic hydroxyl groups is 1. The summed E-state index contributed by atoms with van der Waals surface area (Å²) < 4.78 is 0. The largest absolute Gasteiger partial charge is 0.508 e. The van der Waals surface area contributed by atoms with Crippen LogP contribution in [-0.4, -0.2) is 34.7 Å². The molecule has 1 rings (SSSR count). The Kier molecular flexibility index (Phi) is 6.17. The number of nitrogens with one attached hydrogen (secondary N) is 1. The van der Waals surface area contributed by atoms with E-state index < -0.39 is 17.9 Å². The lowest BCUT2D eigenvalue weighted by molar-refractivity contribution is -0.143. The first kappa shape index (κ1) is 17.0. The molecular weight excluding hydrogens is 272 g/mol. The van der Waals surface area contributed by atoms with Gasteiger partial charge in [-0.3, -0.25) is 9.59 Å². The van der Waals surface area contributed by atoms with Crippen molar-refractivity contribution in [2.45, 2.75) is 26.3 Å². The van der Waals surface area contributed by atoms with Crippen molar-refractivity contribution in [1.82, 2.24) is 5.32 Å². The Labute approximate surface area is 124 Å². The van der Waals surface area contributed by atoms with Gasteiger partial charge >= 0.3 is 5.97 Å². The van der Waals surface area contributed by atoms with Crippen LogP contribution in [0.5, 0.6) is 5.75 Å². The zero-order valence-electron chi connectivity index (χ0n) is 12.2. The number of nitrogens with two attached hydrogens (primary N) is 1. The van der Waals surface area contributed by atoms with Gasteiger partial charge in [0.05, 0.1) is 12.0 Å². The van der Waals surface area contributed by atoms with Crippen molar-refractivity contribution in [1.29, 1.82) is 0 Å². The number of benzene rings is 1. The predicted octanol–water partition coefficient (Wildman–Crippen LogP) is 0.735. The van der Waals surface area contributed by atoms with E-state index in [0.29, 0.717) is 6.42 Å². The van der Waals surface area contributed by atoms with Gasteiger partial charge in [-0.1, -0.05) is 26.0 Å². The van der Waals surface area contributed by atoms with E-state index in [1.165, 1.54) is 12.1 Å². The molecular formula is C15H22N2O4.